The SMILES string of the molecule is CC.CCC(=O)NC1=CC(C)=CNC1. The summed E-state index contributed by atoms with van der Waals surface area (Å²) in [5.74, 6) is 0.0674. The Kier molecular flexibility index (Phi) is 6.54. The molecule has 1 aliphatic heterocycles. The minimum atomic E-state index is 0.0674. The number of hydrogen-bond donors (Lipinski definition) is 2. The number of amides is 1. The summed E-state index contributed by atoms with van der Waals surface area (Å²) in [6.07, 6.45) is 4.44. The maximum Gasteiger partial charge on any atom is 0.223 e. The Hall–Kier alpha value is -1.25. The molecule has 3 heteroatoms. The van der Waals surface area contributed by atoms with Crippen molar-refractivity contribution in [3.63, 3.8) is 0 Å². The van der Waals surface area contributed by atoms with Crippen molar-refractivity contribution in [1.82, 2.24) is 10.6 Å². The lowest BCUT2D eigenvalue weighted by atomic mass is 10.2. The van der Waals surface area contributed by atoms with Gasteiger partial charge in [0.05, 0.1) is 6.54 Å². The fraction of sp³-hybridized carbons (Fsp3) is 0.545. The van der Waals surface area contributed by atoms with Crippen LogP contribution in [0, 0.1) is 0 Å². The first kappa shape index (κ1) is 12.8. The molecule has 0 aliphatic carbocycles. The van der Waals surface area contributed by atoms with E-state index in [-0.39, 0.29) is 5.91 Å². The first-order valence-electron chi connectivity index (χ1n) is 5.13. The summed E-state index contributed by atoms with van der Waals surface area (Å²) in [5.41, 5.74) is 2.08. The molecule has 14 heavy (non-hydrogen) atoms. The van der Waals surface area contributed by atoms with Gasteiger partial charge in [-0.2, -0.15) is 0 Å². The van der Waals surface area contributed by atoms with Crippen molar-refractivity contribution in [2.75, 3.05) is 6.54 Å². The minimum absolute atomic E-state index is 0.0674. The lowest BCUT2D eigenvalue weighted by Crippen LogP contribution is -2.29. The van der Waals surface area contributed by atoms with E-state index in [4.69, 9.17) is 0 Å². The number of carbonyl (C=O) groups excluding carboxylic acids is 1. The molecule has 1 rings (SSSR count). The van der Waals surface area contributed by atoms with E-state index in [2.05, 4.69) is 10.6 Å². The Bertz CT molecular complexity index is 242. The second-order valence-corrected chi connectivity index (χ2v) is 2.84. The van der Waals surface area contributed by atoms with Gasteiger partial charge in [-0.05, 0) is 24.8 Å². The van der Waals surface area contributed by atoms with Gasteiger partial charge in [0, 0.05) is 12.1 Å². The van der Waals surface area contributed by atoms with Gasteiger partial charge < -0.3 is 10.6 Å². The molecule has 1 aliphatic rings. The number of dihydropyridines is 1. The predicted octanol–water partition coefficient (Wildman–Crippen LogP) is 1.93. The molecule has 0 aromatic heterocycles. The first-order chi connectivity index (χ1) is 6.72. The Balaban J connectivity index is 0.000000791. The van der Waals surface area contributed by atoms with Crippen LogP contribution in [0.25, 0.3) is 0 Å². The van der Waals surface area contributed by atoms with Crippen LogP contribution in [-0.2, 0) is 4.79 Å². The number of allylic oxidation sites excluding steroid dienone is 2. The first-order valence-corrected chi connectivity index (χ1v) is 5.13. The van der Waals surface area contributed by atoms with Gasteiger partial charge >= 0.3 is 0 Å². The molecule has 0 fully saturated rings. The van der Waals surface area contributed by atoms with Crippen molar-refractivity contribution >= 4 is 5.91 Å². The highest BCUT2D eigenvalue weighted by Crippen LogP contribution is 2.02. The molecule has 0 aromatic carbocycles. The van der Waals surface area contributed by atoms with Gasteiger partial charge in [-0.15, -0.1) is 0 Å². The maximum atomic E-state index is 11.0. The Morgan fingerprint density at radius 1 is 1.57 bits per heavy atom. The molecule has 0 saturated heterocycles. The van der Waals surface area contributed by atoms with Crippen LogP contribution in [0.5, 0.6) is 0 Å². The lowest BCUT2D eigenvalue weighted by Gasteiger charge is -2.13. The van der Waals surface area contributed by atoms with Crippen molar-refractivity contribution in [3.05, 3.63) is 23.5 Å². The largest absolute Gasteiger partial charge is 0.385 e. The lowest BCUT2D eigenvalue weighted by molar-refractivity contribution is -0.120. The predicted molar refractivity (Wildman–Crippen MR) is 59.6 cm³/mol. The fourth-order valence-electron chi connectivity index (χ4n) is 1.04. The van der Waals surface area contributed by atoms with E-state index in [1.165, 1.54) is 0 Å². The van der Waals surface area contributed by atoms with Crippen molar-refractivity contribution in [2.45, 2.75) is 34.1 Å². The van der Waals surface area contributed by atoms with E-state index in [9.17, 15) is 4.79 Å². The molecular weight excluding hydrogens is 176 g/mol. The molecule has 0 saturated carbocycles. The van der Waals surface area contributed by atoms with E-state index in [1.807, 2.05) is 40.0 Å². The van der Waals surface area contributed by atoms with Crippen LogP contribution in [0.4, 0.5) is 0 Å². The van der Waals surface area contributed by atoms with Crippen LogP contribution < -0.4 is 10.6 Å². The Labute approximate surface area is 86.3 Å². The Morgan fingerprint density at radius 2 is 2.21 bits per heavy atom. The minimum Gasteiger partial charge on any atom is -0.385 e. The topological polar surface area (TPSA) is 41.1 Å². The second-order valence-electron chi connectivity index (χ2n) is 2.84. The maximum absolute atomic E-state index is 11.0. The van der Waals surface area contributed by atoms with Crippen molar-refractivity contribution in [1.29, 1.82) is 0 Å². The molecule has 2 N–H and O–H groups in total. The molecular formula is C11H20N2O. The smallest absolute Gasteiger partial charge is 0.223 e. The monoisotopic (exact) mass is 196 g/mol. The van der Waals surface area contributed by atoms with E-state index < -0.39 is 0 Å². The highest BCUT2D eigenvalue weighted by Gasteiger charge is 2.04. The third-order valence-electron chi connectivity index (χ3n) is 1.65. The van der Waals surface area contributed by atoms with Gasteiger partial charge in [0.25, 0.3) is 0 Å². The molecule has 0 unspecified atom stereocenters. The molecule has 0 bridgehead atoms. The number of nitrogens with one attached hydrogen (secondary N) is 2. The zero-order chi connectivity index (χ0) is 11.0. The molecule has 0 radical (unpaired) electrons. The highest BCUT2D eigenvalue weighted by molar-refractivity contribution is 5.77. The molecule has 0 aromatic rings. The zero-order valence-corrected chi connectivity index (χ0v) is 9.48. The summed E-state index contributed by atoms with van der Waals surface area (Å²) in [5, 5.41) is 5.89. The summed E-state index contributed by atoms with van der Waals surface area (Å²) >= 11 is 0. The molecule has 0 atom stereocenters. The zero-order valence-electron chi connectivity index (χ0n) is 9.48. The summed E-state index contributed by atoms with van der Waals surface area (Å²) in [6, 6.07) is 0. The van der Waals surface area contributed by atoms with Crippen molar-refractivity contribution in [3.8, 4) is 0 Å². The molecule has 80 valence electrons. The van der Waals surface area contributed by atoms with E-state index in [0.29, 0.717) is 13.0 Å². The van der Waals surface area contributed by atoms with Gasteiger partial charge in [0.2, 0.25) is 5.91 Å². The van der Waals surface area contributed by atoms with Gasteiger partial charge in [-0.3, -0.25) is 4.79 Å². The molecule has 3 nitrogen and oxygen atoms in total. The van der Waals surface area contributed by atoms with E-state index in [0.717, 1.165) is 11.3 Å². The van der Waals surface area contributed by atoms with E-state index in [1.54, 1.807) is 0 Å². The number of carbonyl (C=O) groups is 1. The third kappa shape index (κ3) is 4.70. The van der Waals surface area contributed by atoms with Crippen molar-refractivity contribution < 1.29 is 4.79 Å². The van der Waals surface area contributed by atoms with Gasteiger partial charge in [-0.1, -0.05) is 20.8 Å². The van der Waals surface area contributed by atoms with Crippen LogP contribution in [-0.4, -0.2) is 12.5 Å². The van der Waals surface area contributed by atoms with Crippen LogP contribution in [0.15, 0.2) is 23.5 Å². The number of rotatable bonds is 2. The van der Waals surface area contributed by atoms with Crippen LogP contribution >= 0.6 is 0 Å². The van der Waals surface area contributed by atoms with Crippen LogP contribution in [0.3, 0.4) is 0 Å². The average molecular weight is 196 g/mol. The third-order valence-corrected chi connectivity index (χ3v) is 1.65. The highest BCUT2D eigenvalue weighted by atomic mass is 16.1. The summed E-state index contributed by atoms with van der Waals surface area (Å²) < 4.78 is 0. The molecule has 0 spiro atoms. The summed E-state index contributed by atoms with van der Waals surface area (Å²) in [7, 11) is 0. The van der Waals surface area contributed by atoms with Crippen molar-refractivity contribution in [2.24, 2.45) is 0 Å². The van der Waals surface area contributed by atoms with Crippen LogP contribution in [0.1, 0.15) is 34.1 Å². The standard InChI is InChI=1S/C9H14N2O.C2H6/c1-3-9(12)11-8-4-7(2)5-10-6-8;1-2/h4-5,10H,3,6H2,1-2H3,(H,11,12);1-2H3. The molecule has 1 heterocycles. The normalized spacial score (nSPS) is 14.0. The average Bonchev–Trinajstić information content (AvgIpc) is 2.21. The quantitative estimate of drug-likeness (QED) is 0.708. The summed E-state index contributed by atoms with van der Waals surface area (Å²) in [4.78, 5) is 11.0. The van der Waals surface area contributed by atoms with Gasteiger partial charge in [0.1, 0.15) is 0 Å². The van der Waals surface area contributed by atoms with E-state index >= 15 is 0 Å². The summed E-state index contributed by atoms with van der Waals surface area (Å²) in [6.45, 7) is 8.54. The van der Waals surface area contributed by atoms with Gasteiger partial charge in [0.15, 0.2) is 0 Å². The second kappa shape index (κ2) is 7.18. The van der Waals surface area contributed by atoms with Crippen LogP contribution in [0.2, 0.25) is 0 Å². The number of hydrogen-bond acceptors (Lipinski definition) is 2. The fourth-order valence-corrected chi connectivity index (χ4v) is 1.04. The molecule has 1 amide bonds. The van der Waals surface area contributed by atoms with Gasteiger partial charge in [-0.25, -0.2) is 0 Å². The Morgan fingerprint density at radius 3 is 2.71 bits per heavy atom.